The average molecular weight is 361 g/mol. The van der Waals surface area contributed by atoms with Crippen LogP contribution in [0.2, 0.25) is 0 Å². The molecular weight excluding hydrogens is 326 g/mol. The maximum Gasteiger partial charge on any atom is 0.162 e. The SMILES string of the molecule is Cc1ccc(C2CCC(C3CCC4CC(C)CCC4C3)CC2)c(F)c1F. The Morgan fingerprint density at radius 1 is 0.692 bits per heavy atom. The minimum Gasteiger partial charge on any atom is -0.203 e. The minimum absolute atomic E-state index is 0.216. The van der Waals surface area contributed by atoms with Gasteiger partial charge in [0.1, 0.15) is 0 Å². The quantitative estimate of drug-likeness (QED) is 0.515. The first-order valence-corrected chi connectivity index (χ1v) is 11.0. The van der Waals surface area contributed by atoms with E-state index in [4.69, 9.17) is 0 Å². The highest BCUT2D eigenvalue weighted by Crippen LogP contribution is 2.50. The van der Waals surface area contributed by atoms with Crippen LogP contribution in [0.3, 0.4) is 0 Å². The molecule has 0 spiro atoms. The van der Waals surface area contributed by atoms with E-state index in [1.165, 1.54) is 51.4 Å². The maximum absolute atomic E-state index is 14.3. The zero-order chi connectivity index (χ0) is 18.3. The standard InChI is InChI=1S/C24H34F2/c1-15-3-5-21-14-20(11-10-19(21)13-15)17-6-8-18(9-7-17)22-12-4-16(2)23(25)24(22)26/h4,12,15,17-21H,3,5-11,13-14H2,1-2H3. The number of benzene rings is 1. The van der Waals surface area contributed by atoms with Crippen LogP contribution in [0.1, 0.15) is 88.2 Å². The van der Waals surface area contributed by atoms with E-state index in [-0.39, 0.29) is 5.92 Å². The second-order valence-corrected chi connectivity index (χ2v) is 9.72. The Balaban J connectivity index is 1.35. The lowest BCUT2D eigenvalue weighted by Gasteiger charge is -2.45. The molecule has 0 nitrogen and oxygen atoms in total. The first-order valence-electron chi connectivity index (χ1n) is 11.0. The summed E-state index contributed by atoms with van der Waals surface area (Å²) in [5, 5.41) is 0. The third-order valence-corrected chi connectivity index (χ3v) is 8.10. The van der Waals surface area contributed by atoms with E-state index >= 15 is 0 Å². The number of hydrogen-bond acceptors (Lipinski definition) is 0. The smallest absolute Gasteiger partial charge is 0.162 e. The molecule has 0 bridgehead atoms. The zero-order valence-corrected chi connectivity index (χ0v) is 16.4. The molecule has 1 aromatic carbocycles. The van der Waals surface area contributed by atoms with E-state index in [0.717, 1.165) is 42.4 Å². The summed E-state index contributed by atoms with van der Waals surface area (Å²) in [5.74, 6) is 3.61. The lowest BCUT2D eigenvalue weighted by Crippen LogP contribution is -2.34. The Morgan fingerprint density at radius 2 is 1.27 bits per heavy atom. The van der Waals surface area contributed by atoms with Crippen molar-refractivity contribution in [2.24, 2.45) is 29.6 Å². The van der Waals surface area contributed by atoms with E-state index in [1.807, 2.05) is 6.07 Å². The second kappa shape index (κ2) is 7.60. The van der Waals surface area contributed by atoms with Gasteiger partial charge >= 0.3 is 0 Å². The van der Waals surface area contributed by atoms with Gasteiger partial charge in [-0.3, -0.25) is 0 Å². The van der Waals surface area contributed by atoms with Crippen LogP contribution < -0.4 is 0 Å². The van der Waals surface area contributed by atoms with Gasteiger partial charge in [-0.15, -0.1) is 0 Å². The molecule has 0 heterocycles. The monoisotopic (exact) mass is 360 g/mol. The number of rotatable bonds is 2. The van der Waals surface area contributed by atoms with Crippen LogP contribution in [0, 0.1) is 48.1 Å². The van der Waals surface area contributed by atoms with Gasteiger partial charge in [-0.1, -0.05) is 25.5 Å². The van der Waals surface area contributed by atoms with Crippen molar-refractivity contribution in [2.45, 2.75) is 84.0 Å². The van der Waals surface area contributed by atoms with Crippen molar-refractivity contribution in [3.63, 3.8) is 0 Å². The van der Waals surface area contributed by atoms with Gasteiger partial charge in [0.05, 0.1) is 0 Å². The molecule has 0 aromatic heterocycles. The predicted molar refractivity (Wildman–Crippen MR) is 103 cm³/mol. The molecule has 2 heteroatoms. The van der Waals surface area contributed by atoms with Crippen LogP contribution in [0.25, 0.3) is 0 Å². The van der Waals surface area contributed by atoms with Gasteiger partial charge in [0.2, 0.25) is 0 Å². The van der Waals surface area contributed by atoms with Crippen LogP contribution >= 0.6 is 0 Å². The number of hydrogen-bond donors (Lipinski definition) is 0. The molecule has 0 saturated heterocycles. The maximum atomic E-state index is 14.3. The molecule has 0 radical (unpaired) electrons. The predicted octanol–water partition coefficient (Wildman–Crippen LogP) is 7.40. The molecule has 3 aliphatic rings. The summed E-state index contributed by atoms with van der Waals surface area (Å²) >= 11 is 0. The van der Waals surface area contributed by atoms with Crippen molar-refractivity contribution in [3.05, 3.63) is 34.9 Å². The molecule has 3 saturated carbocycles. The van der Waals surface area contributed by atoms with Gasteiger partial charge in [0, 0.05) is 0 Å². The molecule has 3 aliphatic carbocycles. The van der Waals surface area contributed by atoms with E-state index in [1.54, 1.807) is 13.0 Å². The lowest BCUT2D eigenvalue weighted by molar-refractivity contribution is 0.0671. The molecule has 0 N–H and O–H groups in total. The van der Waals surface area contributed by atoms with Crippen LogP contribution in [0.15, 0.2) is 12.1 Å². The van der Waals surface area contributed by atoms with Gasteiger partial charge in [0.15, 0.2) is 11.6 Å². The van der Waals surface area contributed by atoms with Crippen molar-refractivity contribution in [3.8, 4) is 0 Å². The van der Waals surface area contributed by atoms with Crippen LogP contribution in [-0.4, -0.2) is 0 Å². The summed E-state index contributed by atoms with van der Waals surface area (Å²) in [5.41, 5.74) is 1.04. The van der Waals surface area contributed by atoms with E-state index in [2.05, 4.69) is 6.92 Å². The van der Waals surface area contributed by atoms with Crippen LogP contribution in [-0.2, 0) is 0 Å². The largest absolute Gasteiger partial charge is 0.203 e. The lowest BCUT2D eigenvalue weighted by atomic mass is 9.61. The summed E-state index contributed by atoms with van der Waals surface area (Å²) in [6.45, 7) is 4.07. The summed E-state index contributed by atoms with van der Waals surface area (Å²) in [4.78, 5) is 0. The van der Waals surface area contributed by atoms with Crippen molar-refractivity contribution < 1.29 is 8.78 Å². The zero-order valence-electron chi connectivity index (χ0n) is 16.4. The van der Waals surface area contributed by atoms with Gasteiger partial charge in [0.25, 0.3) is 0 Å². The Bertz CT molecular complexity index is 629. The topological polar surface area (TPSA) is 0 Å². The molecule has 144 valence electrons. The molecule has 4 rings (SSSR count). The van der Waals surface area contributed by atoms with Gasteiger partial charge in [-0.2, -0.15) is 0 Å². The first kappa shape index (κ1) is 18.4. The van der Waals surface area contributed by atoms with Gasteiger partial charge in [-0.25, -0.2) is 8.78 Å². The minimum atomic E-state index is -0.644. The molecule has 4 atom stereocenters. The molecular formula is C24H34F2. The summed E-state index contributed by atoms with van der Waals surface area (Å²) < 4.78 is 28.3. The molecule has 4 unspecified atom stereocenters. The molecule has 1 aromatic rings. The third-order valence-electron chi connectivity index (χ3n) is 8.10. The van der Waals surface area contributed by atoms with Crippen molar-refractivity contribution in [1.29, 1.82) is 0 Å². The number of halogens is 2. The van der Waals surface area contributed by atoms with Gasteiger partial charge < -0.3 is 0 Å². The summed E-state index contributed by atoms with van der Waals surface area (Å²) in [7, 11) is 0. The second-order valence-electron chi connectivity index (χ2n) is 9.72. The Morgan fingerprint density at radius 3 is 2.00 bits per heavy atom. The van der Waals surface area contributed by atoms with Crippen LogP contribution in [0.4, 0.5) is 8.78 Å². The highest BCUT2D eigenvalue weighted by molar-refractivity contribution is 5.28. The highest BCUT2D eigenvalue weighted by Gasteiger charge is 2.38. The Kier molecular flexibility index (Phi) is 5.39. The number of aryl methyl sites for hydroxylation is 1. The normalized spacial score (nSPS) is 38.0. The number of fused-ring (bicyclic) bond motifs is 1. The van der Waals surface area contributed by atoms with E-state index in [9.17, 15) is 8.78 Å². The Hall–Kier alpha value is -0.920. The van der Waals surface area contributed by atoms with Gasteiger partial charge in [-0.05, 0) is 111 Å². The van der Waals surface area contributed by atoms with E-state index in [0.29, 0.717) is 11.1 Å². The molecule has 0 aliphatic heterocycles. The fourth-order valence-electron chi connectivity index (χ4n) is 6.47. The molecule has 0 amide bonds. The summed E-state index contributed by atoms with van der Waals surface area (Å²) in [6.07, 6.45) is 13.1. The van der Waals surface area contributed by atoms with Crippen molar-refractivity contribution in [2.75, 3.05) is 0 Å². The van der Waals surface area contributed by atoms with Crippen LogP contribution in [0.5, 0.6) is 0 Å². The highest BCUT2D eigenvalue weighted by atomic mass is 19.2. The summed E-state index contributed by atoms with van der Waals surface area (Å²) in [6, 6.07) is 3.57. The first-order chi connectivity index (χ1) is 12.5. The molecule has 26 heavy (non-hydrogen) atoms. The fraction of sp³-hybridized carbons (Fsp3) is 0.750. The molecule has 3 fully saturated rings. The van der Waals surface area contributed by atoms with Crippen molar-refractivity contribution in [1.82, 2.24) is 0 Å². The van der Waals surface area contributed by atoms with E-state index < -0.39 is 11.6 Å². The Labute approximate surface area is 157 Å². The fourth-order valence-corrected chi connectivity index (χ4v) is 6.47. The van der Waals surface area contributed by atoms with Crippen molar-refractivity contribution >= 4 is 0 Å². The average Bonchev–Trinajstić information content (AvgIpc) is 2.66. The third kappa shape index (κ3) is 3.58.